The van der Waals surface area contributed by atoms with Crippen LogP contribution in [-0.4, -0.2) is 129 Å². The summed E-state index contributed by atoms with van der Waals surface area (Å²) in [6.45, 7) is 6.82. The third kappa shape index (κ3) is 8.52. The number of hydrogen-bond acceptors (Lipinski definition) is 13. The molecule has 64 heavy (non-hydrogen) atoms. The van der Waals surface area contributed by atoms with E-state index in [1.54, 1.807) is 18.5 Å². The SMILES string of the molecule is O=C1CCC(N2C(=O)c3ccc(N4CCC(OCCN5CCN(c6ccc(Nc7ncnc8c7ncn8C7CC(NC(=O)Cc8ccccc8)C7)cc6)CC5)CC4)cc3C2=O)C(=O)N1. The fourth-order valence-electron chi connectivity index (χ4n) is 9.61. The molecule has 1 aliphatic carbocycles. The molecule has 4 aliphatic heterocycles. The predicted molar refractivity (Wildman–Crippen MR) is 238 cm³/mol. The molecule has 10 rings (SSSR count). The maximum atomic E-state index is 13.3. The molecule has 4 fully saturated rings. The summed E-state index contributed by atoms with van der Waals surface area (Å²) in [6, 6.07) is 22.9. The normalized spacial score (nSPS) is 21.8. The average Bonchev–Trinajstić information content (AvgIpc) is 3.83. The molecule has 3 aromatic carbocycles. The number of hydrogen-bond donors (Lipinski definition) is 3. The molecule has 0 radical (unpaired) electrons. The topological polar surface area (TPSA) is 187 Å². The van der Waals surface area contributed by atoms with E-state index in [0.29, 0.717) is 29.9 Å². The highest BCUT2D eigenvalue weighted by molar-refractivity contribution is 6.23. The highest BCUT2D eigenvalue weighted by Crippen LogP contribution is 2.36. The van der Waals surface area contributed by atoms with E-state index in [0.717, 1.165) is 99.0 Å². The van der Waals surface area contributed by atoms with Crippen LogP contribution in [0.4, 0.5) is 22.9 Å². The quantitative estimate of drug-likeness (QED) is 0.145. The number of rotatable bonds is 13. The van der Waals surface area contributed by atoms with Crippen molar-refractivity contribution in [2.75, 3.05) is 67.5 Å². The van der Waals surface area contributed by atoms with Gasteiger partial charge in [-0.25, -0.2) is 15.0 Å². The number of carbonyl (C=O) groups is 5. The maximum absolute atomic E-state index is 13.3. The molecule has 2 aromatic heterocycles. The summed E-state index contributed by atoms with van der Waals surface area (Å²) in [6.07, 6.45) is 7.53. The third-order valence-corrected chi connectivity index (χ3v) is 13.3. The van der Waals surface area contributed by atoms with Gasteiger partial charge in [0, 0.05) is 81.4 Å². The molecule has 5 amide bonds. The van der Waals surface area contributed by atoms with Crippen molar-refractivity contribution in [1.29, 1.82) is 0 Å². The third-order valence-electron chi connectivity index (χ3n) is 13.3. The first-order valence-electron chi connectivity index (χ1n) is 22.3. The first-order chi connectivity index (χ1) is 31.2. The standard InChI is InChI=1S/C47H51N11O6/c59-40-13-12-39(45(61)53-40)58-46(62)37-11-10-34(27-38(37)47(58)63)55-16-14-36(15-17-55)64-23-22-54-18-20-56(21-19-54)33-8-6-31(7-9-33)52-43-42-44(49-28-48-43)57(29-50-42)35-25-32(26-35)51-41(60)24-30-4-2-1-3-5-30/h1-11,27-29,32,35-36,39H,12-26H2,(H,51,60)(H,48,49,52)(H,53,59,61). The summed E-state index contributed by atoms with van der Waals surface area (Å²) in [5.41, 5.74) is 6.04. The van der Waals surface area contributed by atoms with Gasteiger partial charge in [0.2, 0.25) is 17.7 Å². The second-order valence-electron chi connectivity index (χ2n) is 17.3. The molecule has 3 saturated heterocycles. The van der Waals surface area contributed by atoms with Crippen LogP contribution in [0.1, 0.15) is 70.8 Å². The van der Waals surface area contributed by atoms with E-state index >= 15 is 0 Å². The Morgan fingerprint density at radius 3 is 2.28 bits per heavy atom. The van der Waals surface area contributed by atoms with E-state index in [2.05, 4.69) is 74.4 Å². The molecule has 5 aliphatic rings. The number of imidazole rings is 1. The van der Waals surface area contributed by atoms with Gasteiger partial charge in [0.05, 0.1) is 36.6 Å². The number of imide groups is 2. The molecule has 0 bridgehead atoms. The lowest BCUT2D eigenvalue weighted by molar-refractivity contribution is -0.136. The summed E-state index contributed by atoms with van der Waals surface area (Å²) in [4.78, 5) is 84.9. The minimum absolute atomic E-state index is 0.0437. The van der Waals surface area contributed by atoms with Gasteiger partial charge in [0.15, 0.2) is 17.0 Å². The van der Waals surface area contributed by atoms with E-state index in [1.807, 2.05) is 42.7 Å². The zero-order valence-electron chi connectivity index (χ0n) is 35.5. The lowest BCUT2D eigenvalue weighted by atomic mass is 9.86. The number of amides is 5. The second-order valence-corrected chi connectivity index (χ2v) is 17.3. The van der Waals surface area contributed by atoms with Gasteiger partial charge in [-0.1, -0.05) is 30.3 Å². The van der Waals surface area contributed by atoms with Crippen LogP contribution in [0.5, 0.6) is 0 Å². The molecule has 330 valence electrons. The summed E-state index contributed by atoms with van der Waals surface area (Å²) in [5, 5.41) is 8.85. The van der Waals surface area contributed by atoms with Crippen LogP contribution < -0.4 is 25.8 Å². The number of benzene rings is 3. The summed E-state index contributed by atoms with van der Waals surface area (Å²) >= 11 is 0. The second kappa shape index (κ2) is 17.8. The number of nitrogens with zero attached hydrogens (tertiary/aromatic N) is 8. The molecule has 17 heteroatoms. The molecule has 3 N–H and O–H groups in total. The van der Waals surface area contributed by atoms with Gasteiger partial charge < -0.3 is 29.7 Å². The van der Waals surface area contributed by atoms with E-state index in [4.69, 9.17) is 4.74 Å². The van der Waals surface area contributed by atoms with E-state index < -0.39 is 29.7 Å². The largest absolute Gasteiger partial charge is 0.377 e. The van der Waals surface area contributed by atoms with Gasteiger partial charge in [-0.05, 0) is 80.1 Å². The summed E-state index contributed by atoms with van der Waals surface area (Å²) < 4.78 is 8.44. The van der Waals surface area contributed by atoms with Crippen LogP contribution in [0, 0.1) is 0 Å². The number of fused-ring (bicyclic) bond motifs is 2. The Kier molecular flexibility index (Phi) is 11.5. The van der Waals surface area contributed by atoms with Gasteiger partial charge in [-0.3, -0.25) is 39.1 Å². The van der Waals surface area contributed by atoms with Crippen molar-refractivity contribution in [2.45, 2.75) is 69.2 Å². The molecule has 1 atom stereocenters. The zero-order valence-corrected chi connectivity index (χ0v) is 35.5. The van der Waals surface area contributed by atoms with Crippen molar-refractivity contribution in [3.63, 3.8) is 0 Å². The van der Waals surface area contributed by atoms with E-state index in [1.165, 1.54) is 5.69 Å². The fourth-order valence-corrected chi connectivity index (χ4v) is 9.61. The van der Waals surface area contributed by atoms with Gasteiger partial charge in [-0.15, -0.1) is 0 Å². The molecular weight excluding hydrogens is 815 g/mol. The van der Waals surface area contributed by atoms with Crippen LogP contribution in [0.25, 0.3) is 11.2 Å². The smallest absolute Gasteiger partial charge is 0.262 e. The molecule has 1 unspecified atom stereocenters. The highest BCUT2D eigenvalue weighted by Gasteiger charge is 2.45. The van der Waals surface area contributed by atoms with Gasteiger partial charge in [-0.2, -0.15) is 0 Å². The number of anilines is 4. The maximum Gasteiger partial charge on any atom is 0.262 e. The van der Waals surface area contributed by atoms with Crippen molar-refractivity contribution < 1.29 is 28.7 Å². The van der Waals surface area contributed by atoms with Crippen molar-refractivity contribution in [3.05, 3.63) is 102 Å². The fraction of sp³-hybridized carbons (Fsp3) is 0.404. The summed E-state index contributed by atoms with van der Waals surface area (Å²) in [5.74, 6) is -1.29. The number of piperazine rings is 1. The van der Waals surface area contributed by atoms with Crippen LogP contribution in [0.15, 0.2) is 85.5 Å². The molecule has 17 nitrogen and oxygen atoms in total. The van der Waals surface area contributed by atoms with Crippen LogP contribution >= 0.6 is 0 Å². The zero-order chi connectivity index (χ0) is 43.7. The number of ether oxygens (including phenoxy) is 1. The number of aromatic nitrogens is 4. The average molecular weight is 866 g/mol. The first-order valence-corrected chi connectivity index (χ1v) is 22.3. The number of nitrogens with one attached hydrogen (secondary N) is 3. The number of piperidine rings is 2. The van der Waals surface area contributed by atoms with Crippen molar-refractivity contribution in [3.8, 4) is 0 Å². The predicted octanol–water partition coefficient (Wildman–Crippen LogP) is 3.84. The molecular formula is C47H51N11O6. The monoisotopic (exact) mass is 865 g/mol. The Labute approximate surface area is 370 Å². The lowest BCUT2D eigenvalue weighted by Gasteiger charge is -2.37. The van der Waals surface area contributed by atoms with Crippen LogP contribution in [-0.2, 0) is 25.5 Å². The Balaban J connectivity index is 0.643. The van der Waals surface area contributed by atoms with Gasteiger partial charge in [0.25, 0.3) is 11.8 Å². The lowest BCUT2D eigenvalue weighted by Crippen LogP contribution is -2.54. The van der Waals surface area contributed by atoms with Gasteiger partial charge in [0.1, 0.15) is 12.4 Å². The van der Waals surface area contributed by atoms with Crippen molar-refractivity contribution in [1.82, 2.24) is 40.0 Å². The molecule has 5 aromatic rings. The van der Waals surface area contributed by atoms with Crippen LogP contribution in [0.2, 0.25) is 0 Å². The minimum Gasteiger partial charge on any atom is -0.377 e. The van der Waals surface area contributed by atoms with Crippen LogP contribution in [0.3, 0.4) is 0 Å². The number of carbonyl (C=O) groups excluding carboxylic acids is 5. The Hall–Kier alpha value is -6.72. The Bertz CT molecular complexity index is 2560. The van der Waals surface area contributed by atoms with Crippen molar-refractivity contribution in [2.24, 2.45) is 0 Å². The molecule has 6 heterocycles. The first kappa shape index (κ1) is 41.3. The summed E-state index contributed by atoms with van der Waals surface area (Å²) in [7, 11) is 0. The van der Waals surface area contributed by atoms with Gasteiger partial charge >= 0.3 is 0 Å². The van der Waals surface area contributed by atoms with E-state index in [-0.39, 0.29) is 42.5 Å². The van der Waals surface area contributed by atoms with Crippen molar-refractivity contribution >= 4 is 63.6 Å². The Morgan fingerprint density at radius 2 is 1.52 bits per heavy atom. The molecule has 0 spiro atoms. The molecule has 1 saturated carbocycles. The van der Waals surface area contributed by atoms with E-state index in [9.17, 15) is 24.0 Å². The highest BCUT2D eigenvalue weighted by atomic mass is 16.5. The minimum atomic E-state index is -0.975. The Morgan fingerprint density at radius 1 is 0.781 bits per heavy atom.